The number of likely N-dealkylation sites (N-methyl/N-ethyl adjacent to an activating group) is 1. The molecule has 0 fully saturated rings. The fraction of sp³-hybridized carbons (Fsp3) is 0.360. The molecule has 0 saturated carbocycles. The van der Waals surface area contributed by atoms with E-state index >= 15 is 0 Å². The molecule has 1 aromatic heterocycles. The minimum Gasteiger partial charge on any atom is -0.497 e. The Morgan fingerprint density at radius 1 is 1.06 bits per heavy atom. The molecule has 0 unspecified atom stereocenters. The van der Waals surface area contributed by atoms with E-state index in [1.165, 1.54) is 5.56 Å². The van der Waals surface area contributed by atoms with E-state index in [-0.39, 0.29) is 5.56 Å². The van der Waals surface area contributed by atoms with Crippen LogP contribution in [0.25, 0.3) is 10.9 Å². The molecule has 7 heteroatoms. The fourth-order valence-corrected chi connectivity index (χ4v) is 3.84. The number of anilines is 1. The van der Waals surface area contributed by atoms with Crippen molar-refractivity contribution in [3.63, 3.8) is 0 Å². The molecular weight excluding hydrogens is 420 g/mol. The third-order valence-corrected chi connectivity index (χ3v) is 6.02. The molecule has 2 aromatic carbocycles. The monoisotopic (exact) mass is 452 g/mol. The van der Waals surface area contributed by atoms with Crippen molar-refractivity contribution < 1.29 is 4.74 Å². The SMILES string of the molecule is CCN(CC)CCN(Cc1cc2ccc(OC)cc2[nH]c1=O)C(=S)Nc1ccc(C)cc1. The van der Waals surface area contributed by atoms with Crippen LogP contribution in [0.4, 0.5) is 5.69 Å². The van der Waals surface area contributed by atoms with E-state index in [9.17, 15) is 4.79 Å². The van der Waals surface area contributed by atoms with E-state index in [0.29, 0.717) is 23.0 Å². The maximum absolute atomic E-state index is 12.8. The summed E-state index contributed by atoms with van der Waals surface area (Å²) < 4.78 is 5.27. The van der Waals surface area contributed by atoms with Crippen molar-refractivity contribution in [3.05, 3.63) is 70.0 Å². The molecule has 0 bridgehead atoms. The van der Waals surface area contributed by atoms with Crippen LogP contribution in [0.2, 0.25) is 0 Å². The second kappa shape index (κ2) is 11.1. The number of nitrogens with one attached hydrogen (secondary N) is 2. The number of hydrogen-bond donors (Lipinski definition) is 2. The molecule has 0 atom stereocenters. The van der Waals surface area contributed by atoms with Crippen molar-refractivity contribution in [1.29, 1.82) is 0 Å². The number of methoxy groups -OCH3 is 1. The van der Waals surface area contributed by atoms with Gasteiger partial charge in [0.2, 0.25) is 0 Å². The van der Waals surface area contributed by atoms with E-state index in [0.717, 1.165) is 42.8 Å². The molecule has 0 aliphatic rings. The highest BCUT2D eigenvalue weighted by Crippen LogP contribution is 2.19. The number of hydrogen-bond acceptors (Lipinski definition) is 4. The van der Waals surface area contributed by atoms with Crippen LogP contribution in [-0.4, -0.2) is 53.2 Å². The lowest BCUT2D eigenvalue weighted by atomic mass is 10.1. The summed E-state index contributed by atoms with van der Waals surface area (Å²) in [5, 5.41) is 4.90. The van der Waals surface area contributed by atoms with Gasteiger partial charge in [0.15, 0.2) is 5.11 Å². The van der Waals surface area contributed by atoms with Gasteiger partial charge in [-0.2, -0.15) is 0 Å². The van der Waals surface area contributed by atoms with Crippen LogP contribution in [-0.2, 0) is 6.54 Å². The van der Waals surface area contributed by atoms with Crippen molar-refractivity contribution in [2.75, 3.05) is 38.6 Å². The van der Waals surface area contributed by atoms with Crippen molar-refractivity contribution in [3.8, 4) is 5.75 Å². The van der Waals surface area contributed by atoms with Gasteiger partial charge in [-0.15, -0.1) is 0 Å². The zero-order chi connectivity index (χ0) is 23.1. The molecule has 2 N–H and O–H groups in total. The van der Waals surface area contributed by atoms with Gasteiger partial charge in [0.05, 0.1) is 19.2 Å². The number of ether oxygens (including phenoxy) is 1. The lowest BCUT2D eigenvalue weighted by molar-refractivity contribution is 0.266. The van der Waals surface area contributed by atoms with Crippen molar-refractivity contribution in [2.24, 2.45) is 0 Å². The number of H-pyrrole nitrogens is 1. The third-order valence-electron chi connectivity index (χ3n) is 5.66. The molecule has 0 radical (unpaired) electrons. The average Bonchev–Trinajstić information content (AvgIpc) is 2.80. The lowest BCUT2D eigenvalue weighted by Crippen LogP contribution is -2.41. The van der Waals surface area contributed by atoms with Crippen LogP contribution >= 0.6 is 12.2 Å². The standard InChI is InChI=1S/C25H32N4O2S/c1-5-28(6-2)13-14-29(25(32)26-21-10-7-18(3)8-11-21)17-20-15-19-9-12-22(31-4)16-23(19)27-24(20)30/h7-12,15-16H,5-6,13-14,17H2,1-4H3,(H,26,32)(H,27,30). The Labute approximate surface area is 195 Å². The molecule has 0 saturated heterocycles. The Morgan fingerprint density at radius 2 is 1.78 bits per heavy atom. The van der Waals surface area contributed by atoms with Crippen LogP contribution in [0, 0.1) is 6.92 Å². The number of aromatic nitrogens is 1. The van der Waals surface area contributed by atoms with Gasteiger partial charge in [0.1, 0.15) is 5.75 Å². The first-order valence-corrected chi connectivity index (χ1v) is 11.4. The number of aryl methyl sites for hydroxylation is 1. The van der Waals surface area contributed by atoms with Gasteiger partial charge in [-0.1, -0.05) is 31.5 Å². The van der Waals surface area contributed by atoms with Crippen LogP contribution in [0.15, 0.2) is 53.3 Å². The van der Waals surface area contributed by atoms with Gasteiger partial charge in [0.25, 0.3) is 5.56 Å². The van der Waals surface area contributed by atoms with Crippen LogP contribution in [0.1, 0.15) is 25.0 Å². The Kier molecular flexibility index (Phi) is 8.25. The average molecular weight is 453 g/mol. The van der Waals surface area contributed by atoms with E-state index in [2.05, 4.69) is 40.9 Å². The number of nitrogens with zero attached hydrogens (tertiary/aromatic N) is 2. The lowest BCUT2D eigenvalue weighted by Gasteiger charge is -2.29. The Balaban J connectivity index is 1.85. The first-order chi connectivity index (χ1) is 15.4. The van der Waals surface area contributed by atoms with Crippen LogP contribution in [0.3, 0.4) is 0 Å². The zero-order valence-electron chi connectivity index (χ0n) is 19.3. The molecule has 1 heterocycles. The molecule has 32 heavy (non-hydrogen) atoms. The molecule has 0 aliphatic heterocycles. The maximum atomic E-state index is 12.8. The number of rotatable bonds is 9. The minimum atomic E-state index is -0.114. The van der Waals surface area contributed by atoms with Gasteiger partial charge in [-0.25, -0.2) is 0 Å². The second-order valence-corrected chi connectivity index (χ2v) is 8.21. The molecule has 0 aliphatic carbocycles. The smallest absolute Gasteiger partial charge is 0.253 e. The number of thiocarbonyl (C=S) groups is 1. The zero-order valence-corrected chi connectivity index (χ0v) is 20.1. The van der Waals surface area contributed by atoms with Crippen LogP contribution < -0.4 is 15.6 Å². The highest BCUT2D eigenvalue weighted by Gasteiger charge is 2.15. The highest BCUT2D eigenvalue weighted by atomic mass is 32.1. The summed E-state index contributed by atoms with van der Waals surface area (Å²) in [4.78, 5) is 20.2. The molecule has 170 valence electrons. The van der Waals surface area contributed by atoms with Crippen molar-refractivity contribution >= 4 is 33.9 Å². The summed E-state index contributed by atoms with van der Waals surface area (Å²) in [6.45, 7) is 10.3. The Morgan fingerprint density at radius 3 is 2.44 bits per heavy atom. The summed E-state index contributed by atoms with van der Waals surface area (Å²) in [5.41, 5.74) is 3.45. The maximum Gasteiger partial charge on any atom is 0.253 e. The molecule has 6 nitrogen and oxygen atoms in total. The van der Waals surface area contributed by atoms with Gasteiger partial charge < -0.3 is 24.8 Å². The first kappa shape index (κ1) is 23.8. The van der Waals surface area contributed by atoms with E-state index < -0.39 is 0 Å². The quantitative estimate of drug-likeness (QED) is 0.470. The molecule has 3 aromatic rings. The molecule has 3 rings (SSSR count). The number of pyridine rings is 1. The third kappa shape index (κ3) is 6.08. The van der Waals surface area contributed by atoms with Crippen LogP contribution in [0.5, 0.6) is 5.75 Å². The summed E-state index contributed by atoms with van der Waals surface area (Å²) in [5.74, 6) is 0.713. The van der Waals surface area contributed by atoms with E-state index in [1.807, 2.05) is 48.5 Å². The normalized spacial score (nSPS) is 11.0. The summed E-state index contributed by atoms with van der Waals surface area (Å²) in [6.07, 6.45) is 0. The highest BCUT2D eigenvalue weighted by molar-refractivity contribution is 7.80. The van der Waals surface area contributed by atoms with E-state index in [4.69, 9.17) is 17.0 Å². The van der Waals surface area contributed by atoms with Crippen molar-refractivity contribution in [1.82, 2.24) is 14.8 Å². The largest absolute Gasteiger partial charge is 0.497 e. The summed E-state index contributed by atoms with van der Waals surface area (Å²) >= 11 is 5.75. The van der Waals surface area contributed by atoms with E-state index in [1.54, 1.807) is 7.11 Å². The fourth-order valence-electron chi connectivity index (χ4n) is 3.57. The van der Waals surface area contributed by atoms with Gasteiger partial charge in [0, 0.05) is 30.4 Å². The number of fused-ring (bicyclic) bond motifs is 1. The van der Waals surface area contributed by atoms with Gasteiger partial charge >= 0.3 is 0 Å². The molecule has 0 spiro atoms. The Hall–Kier alpha value is -2.90. The summed E-state index contributed by atoms with van der Waals surface area (Å²) in [7, 11) is 1.61. The van der Waals surface area contributed by atoms with Gasteiger partial charge in [-0.05, 0) is 67.9 Å². The topological polar surface area (TPSA) is 60.6 Å². The minimum absolute atomic E-state index is 0.114. The summed E-state index contributed by atoms with van der Waals surface area (Å²) in [6, 6.07) is 15.7. The Bertz CT molecular complexity index is 1110. The number of benzene rings is 2. The molecular formula is C25H32N4O2S. The molecule has 0 amide bonds. The predicted molar refractivity (Wildman–Crippen MR) is 137 cm³/mol. The van der Waals surface area contributed by atoms with Gasteiger partial charge in [-0.3, -0.25) is 4.79 Å². The first-order valence-electron chi connectivity index (χ1n) is 11.0. The second-order valence-electron chi connectivity index (χ2n) is 7.82. The number of aromatic amines is 1. The predicted octanol–water partition coefficient (Wildman–Crippen LogP) is 4.39. The van der Waals surface area contributed by atoms with Crippen molar-refractivity contribution in [2.45, 2.75) is 27.3 Å².